The summed E-state index contributed by atoms with van der Waals surface area (Å²) >= 11 is 0. The Kier molecular flexibility index (Phi) is 2.78. The van der Waals surface area contributed by atoms with Crippen LogP contribution in [0.25, 0.3) is 22.3 Å². The number of nitrogens with zero attached hydrogens (tertiary/aromatic N) is 3. The summed E-state index contributed by atoms with van der Waals surface area (Å²) in [5, 5.41) is 11.4. The molecule has 1 saturated heterocycles. The summed E-state index contributed by atoms with van der Waals surface area (Å²) in [5.41, 5.74) is 2.85. The molecule has 0 spiro atoms. The van der Waals surface area contributed by atoms with Crippen molar-refractivity contribution >= 4 is 16.7 Å². The Morgan fingerprint density at radius 2 is 1.92 bits per heavy atom. The molecule has 6 rings (SSSR count). The Hall–Kier alpha value is -2.62. The molecule has 1 aliphatic heterocycles. The van der Waals surface area contributed by atoms with E-state index in [4.69, 9.17) is 9.97 Å². The minimum atomic E-state index is 0.232. The first-order valence-corrected chi connectivity index (χ1v) is 9.54. The summed E-state index contributed by atoms with van der Waals surface area (Å²) in [6, 6.07) is 14.4. The summed E-state index contributed by atoms with van der Waals surface area (Å²) in [5.74, 6) is 4.63. The average Bonchev–Trinajstić information content (AvgIpc) is 3.00. The molecule has 2 aromatic carbocycles. The molecule has 0 amide bonds. The molecule has 130 valence electrons. The van der Waals surface area contributed by atoms with Gasteiger partial charge in [-0.2, -0.15) is 0 Å². The minimum absolute atomic E-state index is 0.232. The van der Waals surface area contributed by atoms with Crippen molar-refractivity contribution in [1.82, 2.24) is 9.97 Å². The van der Waals surface area contributed by atoms with E-state index in [0.29, 0.717) is 17.4 Å². The van der Waals surface area contributed by atoms with Crippen LogP contribution in [0.4, 0.5) is 5.82 Å². The molecule has 2 saturated carbocycles. The number of hydrogen-bond donors (Lipinski definition) is 1. The van der Waals surface area contributed by atoms with Crippen molar-refractivity contribution in [2.75, 3.05) is 11.4 Å². The normalized spacial score (nSPS) is 28.6. The Bertz CT molecular complexity index is 1050. The summed E-state index contributed by atoms with van der Waals surface area (Å²) < 4.78 is 0. The number of benzene rings is 2. The fraction of sp³-hybridized carbons (Fsp3) is 0.364. The van der Waals surface area contributed by atoms with Gasteiger partial charge in [0.1, 0.15) is 11.6 Å². The molecular weight excluding hydrogens is 322 g/mol. The van der Waals surface area contributed by atoms with Crippen LogP contribution in [0.15, 0.2) is 42.5 Å². The maximum Gasteiger partial charge on any atom is 0.165 e. The van der Waals surface area contributed by atoms with Crippen LogP contribution in [0.2, 0.25) is 0 Å². The van der Waals surface area contributed by atoms with Gasteiger partial charge in [-0.05, 0) is 67.3 Å². The molecule has 4 heteroatoms. The second kappa shape index (κ2) is 4.97. The first-order chi connectivity index (χ1) is 12.7. The zero-order valence-corrected chi connectivity index (χ0v) is 14.8. The highest BCUT2D eigenvalue weighted by atomic mass is 16.3. The molecule has 0 radical (unpaired) electrons. The van der Waals surface area contributed by atoms with E-state index < -0.39 is 0 Å². The summed E-state index contributed by atoms with van der Waals surface area (Å²) in [4.78, 5) is 12.3. The van der Waals surface area contributed by atoms with Crippen LogP contribution in [-0.2, 0) is 0 Å². The second-order valence-corrected chi connectivity index (χ2v) is 8.11. The number of aryl methyl sites for hydroxylation is 1. The van der Waals surface area contributed by atoms with E-state index in [1.54, 1.807) is 6.07 Å². The van der Waals surface area contributed by atoms with Gasteiger partial charge in [-0.1, -0.05) is 18.2 Å². The lowest BCUT2D eigenvalue weighted by Crippen LogP contribution is -2.32. The highest BCUT2D eigenvalue weighted by Gasteiger charge is 2.64. The lowest BCUT2D eigenvalue weighted by atomic mass is 10.1. The molecular formula is C22H21N3O. The van der Waals surface area contributed by atoms with Crippen LogP contribution < -0.4 is 4.90 Å². The van der Waals surface area contributed by atoms with Crippen LogP contribution in [0.5, 0.6) is 5.75 Å². The molecule has 3 aromatic rings. The molecule has 4 unspecified atom stereocenters. The topological polar surface area (TPSA) is 49.2 Å². The van der Waals surface area contributed by atoms with E-state index >= 15 is 0 Å². The third kappa shape index (κ3) is 1.90. The molecule has 26 heavy (non-hydrogen) atoms. The van der Waals surface area contributed by atoms with Gasteiger partial charge in [0.2, 0.25) is 0 Å². The molecule has 0 bridgehead atoms. The SMILES string of the molecule is Cc1ccc2c(N3CC4C5CCC3C54)nc(-c3ccccc3O)nc2c1. The first-order valence-electron chi connectivity index (χ1n) is 9.54. The molecule has 3 fully saturated rings. The van der Waals surface area contributed by atoms with Gasteiger partial charge < -0.3 is 10.0 Å². The quantitative estimate of drug-likeness (QED) is 0.759. The molecule has 4 nitrogen and oxygen atoms in total. The standard InChI is InChI=1S/C22H21N3O/c1-12-6-7-14-17(10-12)23-21(15-4-2-3-5-19(15)26)24-22(14)25-11-16-13-8-9-18(25)20(13)16/h2-7,10,13,16,18,20,26H,8-9,11H2,1H3. The molecule has 1 aromatic heterocycles. The zero-order valence-electron chi connectivity index (χ0n) is 14.8. The van der Waals surface area contributed by atoms with Crippen LogP contribution in [0, 0.1) is 24.7 Å². The maximum atomic E-state index is 10.3. The number of aromatic hydroxyl groups is 1. The van der Waals surface area contributed by atoms with Crippen molar-refractivity contribution in [2.24, 2.45) is 17.8 Å². The fourth-order valence-electron chi connectivity index (χ4n) is 5.46. The zero-order chi connectivity index (χ0) is 17.4. The van der Waals surface area contributed by atoms with Gasteiger partial charge in [0.05, 0.1) is 11.1 Å². The largest absolute Gasteiger partial charge is 0.507 e. The number of piperidine rings is 1. The van der Waals surface area contributed by atoms with E-state index in [1.165, 1.54) is 18.4 Å². The van der Waals surface area contributed by atoms with Crippen molar-refractivity contribution in [2.45, 2.75) is 25.8 Å². The number of anilines is 1. The van der Waals surface area contributed by atoms with Crippen LogP contribution >= 0.6 is 0 Å². The minimum Gasteiger partial charge on any atom is -0.507 e. The molecule has 4 atom stereocenters. The number of phenolic OH excluding ortho intramolecular Hbond substituents is 1. The highest BCUT2D eigenvalue weighted by molar-refractivity contribution is 5.92. The van der Waals surface area contributed by atoms with E-state index in [1.807, 2.05) is 18.2 Å². The third-order valence-corrected chi connectivity index (χ3v) is 6.70. The predicted octanol–water partition coefficient (Wildman–Crippen LogP) is 4.16. The Balaban J connectivity index is 1.57. The number of fused-ring (bicyclic) bond motifs is 2. The van der Waals surface area contributed by atoms with E-state index in [9.17, 15) is 5.11 Å². The Morgan fingerprint density at radius 3 is 2.77 bits per heavy atom. The average molecular weight is 343 g/mol. The monoisotopic (exact) mass is 343 g/mol. The Labute approximate surface area is 152 Å². The van der Waals surface area contributed by atoms with E-state index in [0.717, 1.165) is 41.0 Å². The van der Waals surface area contributed by atoms with Crippen molar-refractivity contribution in [1.29, 1.82) is 0 Å². The molecule has 2 heterocycles. The lowest BCUT2D eigenvalue weighted by Gasteiger charge is -2.27. The van der Waals surface area contributed by atoms with Crippen molar-refractivity contribution in [3.05, 3.63) is 48.0 Å². The van der Waals surface area contributed by atoms with Crippen molar-refractivity contribution in [3.63, 3.8) is 0 Å². The second-order valence-electron chi connectivity index (χ2n) is 8.11. The van der Waals surface area contributed by atoms with Crippen LogP contribution in [0.3, 0.4) is 0 Å². The van der Waals surface area contributed by atoms with E-state index in [2.05, 4.69) is 30.0 Å². The lowest BCUT2D eigenvalue weighted by molar-refractivity contribution is 0.477. The predicted molar refractivity (Wildman–Crippen MR) is 102 cm³/mol. The number of rotatable bonds is 2. The number of para-hydroxylation sites is 1. The summed E-state index contributed by atoms with van der Waals surface area (Å²) in [6.45, 7) is 3.22. The Morgan fingerprint density at radius 1 is 1.04 bits per heavy atom. The van der Waals surface area contributed by atoms with Gasteiger partial charge in [0.25, 0.3) is 0 Å². The molecule has 1 N–H and O–H groups in total. The third-order valence-electron chi connectivity index (χ3n) is 6.70. The van der Waals surface area contributed by atoms with Gasteiger partial charge in [0, 0.05) is 18.0 Å². The van der Waals surface area contributed by atoms with Gasteiger partial charge in [-0.25, -0.2) is 9.97 Å². The van der Waals surface area contributed by atoms with Crippen LogP contribution in [-0.4, -0.2) is 27.7 Å². The van der Waals surface area contributed by atoms with Gasteiger partial charge in [-0.3, -0.25) is 0 Å². The van der Waals surface area contributed by atoms with E-state index in [-0.39, 0.29) is 5.75 Å². The molecule has 3 aliphatic rings. The first kappa shape index (κ1) is 14.5. The van der Waals surface area contributed by atoms with Gasteiger partial charge >= 0.3 is 0 Å². The van der Waals surface area contributed by atoms with Gasteiger partial charge in [0.15, 0.2) is 5.82 Å². The summed E-state index contributed by atoms with van der Waals surface area (Å²) in [7, 11) is 0. The smallest absolute Gasteiger partial charge is 0.165 e. The number of phenols is 1. The summed E-state index contributed by atoms with van der Waals surface area (Å²) in [6.07, 6.45) is 2.67. The highest BCUT2D eigenvalue weighted by Crippen LogP contribution is 2.64. The fourth-order valence-corrected chi connectivity index (χ4v) is 5.46. The molecule has 2 aliphatic carbocycles. The van der Waals surface area contributed by atoms with Crippen LogP contribution in [0.1, 0.15) is 18.4 Å². The maximum absolute atomic E-state index is 10.3. The number of aromatic nitrogens is 2. The van der Waals surface area contributed by atoms with Crippen molar-refractivity contribution in [3.8, 4) is 17.1 Å². The van der Waals surface area contributed by atoms with Crippen molar-refractivity contribution < 1.29 is 5.11 Å². The number of hydrogen-bond acceptors (Lipinski definition) is 4. The van der Waals surface area contributed by atoms with Gasteiger partial charge in [-0.15, -0.1) is 0 Å².